The van der Waals surface area contributed by atoms with Crippen LogP contribution in [0.5, 0.6) is 0 Å². The molecule has 0 saturated heterocycles. The zero-order valence-electron chi connectivity index (χ0n) is 20.9. The fourth-order valence-corrected chi connectivity index (χ4v) is 4.16. The van der Waals surface area contributed by atoms with E-state index in [0.717, 1.165) is 22.6 Å². The molecule has 0 aliphatic carbocycles. The van der Waals surface area contributed by atoms with Gasteiger partial charge < -0.3 is 15.4 Å². The molecule has 1 aromatic heterocycles. The van der Waals surface area contributed by atoms with E-state index in [1.54, 1.807) is 25.1 Å². The van der Waals surface area contributed by atoms with Crippen LogP contribution in [0.4, 0.5) is 35.2 Å². The first-order valence-corrected chi connectivity index (χ1v) is 11.6. The maximum absolute atomic E-state index is 14.7. The number of carbonyl (C=O) groups excluding carboxylic acids is 3. The molecule has 0 saturated carbocycles. The molecule has 2 heterocycles. The van der Waals surface area contributed by atoms with Gasteiger partial charge in [0.2, 0.25) is 0 Å². The van der Waals surface area contributed by atoms with Crippen LogP contribution in [-0.4, -0.2) is 28.7 Å². The third-order valence-corrected chi connectivity index (χ3v) is 5.95. The molecule has 2 N–H and O–H groups in total. The highest BCUT2D eigenvalue weighted by molar-refractivity contribution is 6.05. The Morgan fingerprint density at radius 1 is 0.974 bits per heavy atom. The summed E-state index contributed by atoms with van der Waals surface area (Å²) in [5.74, 6) is -2.36. The van der Waals surface area contributed by atoms with Gasteiger partial charge in [-0.05, 0) is 67.9 Å². The van der Waals surface area contributed by atoms with Crippen LogP contribution in [0.1, 0.15) is 27.3 Å². The Balaban J connectivity index is 0.00000172. The number of nitrogens with zero attached hydrogens (tertiary/aromatic N) is 3. The van der Waals surface area contributed by atoms with Crippen LogP contribution in [0.2, 0.25) is 0 Å². The van der Waals surface area contributed by atoms with Crippen molar-refractivity contribution in [1.29, 1.82) is 0 Å². The number of urea groups is 1. The molecule has 0 radical (unpaired) electrons. The Kier molecular flexibility index (Phi) is 7.70. The highest BCUT2D eigenvalue weighted by Gasteiger charge is 2.33. The third-order valence-electron chi connectivity index (χ3n) is 5.95. The first kappa shape index (κ1) is 27.0. The van der Waals surface area contributed by atoms with Crippen molar-refractivity contribution < 1.29 is 27.6 Å². The molecule has 0 atom stereocenters. The molecule has 0 bridgehead atoms. The number of aromatic nitrogens is 2. The van der Waals surface area contributed by atoms with Crippen molar-refractivity contribution in [2.75, 3.05) is 10.2 Å². The molecule has 0 fully saturated rings. The Labute approximate surface area is 221 Å². The fraction of sp³-hybridized carbons (Fsp3) is 0.107. The average Bonchev–Trinajstić information content (AvgIpc) is 2.92. The standard InChI is InChI=1S/C27H20F3N5O2.CH2O/c1-14-6-7-16(26(36)34-18-10-8-17(28)9-11-18)12-19(14)23-20-13-31-27(37)35(25(20)33-15(2)32-23)24-21(29)4-3-5-22(24)30;1-2/h3-12H,13H2,1-2H3,(H,31,37)(H,34,36);1H2. The zero-order valence-corrected chi connectivity index (χ0v) is 20.9. The minimum atomic E-state index is -0.920. The number of halogens is 3. The van der Waals surface area contributed by atoms with Gasteiger partial charge in [-0.2, -0.15) is 0 Å². The van der Waals surface area contributed by atoms with Crippen LogP contribution in [0, 0.1) is 31.3 Å². The zero-order chi connectivity index (χ0) is 28.3. The molecular weight excluding hydrogens is 511 g/mol. The van der Waals surface area contributed by atoms with Crippen LogP contribution < -0.4 is 15.5 Å². The Bertz CT molecular complexity index is 1560. The molecule has 3 amide bonds. The molecule has 3 aromatic carbocycles. The topological polar surface area (TPSA) is 104 Å². The van der Waals surface area contributed by atoms with Crippen LogP contribution in [0.3, 0.4) is 0 Å². The van der Waals surface area contributed by atoms with E-state index in [1.165, 1.54) is 30.3 Å². The van der Waals surface area contributed by atoms with Crippen LogP contribution >= 0.6 is 0 Å². The largest absolute Gasteiger partial charge is 0.333 e. The lowest BCUT2D eigenvalue weighted by Crippen LogP contribution is -2.43. The normalized spacial score (nSPS) is 12.1. The number of hydrogen-bond donors (Lipinski definition) is 2. The van der Waals surface area contributed by atoms with Gasteiger partial charge in [0, 0.05) is 22.4 Å². The second kappa shape index (κ2) is 11.1. The Morgan fingerprint density at radius 2 is 1.64 bits per heavy atom. The van der Waals surface area contributed by atoms with Crippen molar-refractivity contribution >= 4 is 35.9 Å². The number of hydrogen-bond acceptors (Lipinski definition) is 5. The fourth-order valence-electron chi connectivity index (χ4n) is 4.16. The molecular formula is C28H22F3N5O3. The second-order valence-corrected chi connectivity index (χ2v) is 8.48. The van der Waals surface area contributed by atoms with Crippen molar-refractivity contribution in [3.05, 3.63) is 101 Å². The SMILES string of the molecule is C=O.Cc1nc(-c2cc(C(=O)Nc3ccc(F)cc3)ccc2C)c2c(n1)N(c1c(F)cccc1F)C(=O)NC2. The van der Waals surface area contributed by atoms with Gasteiger partial charge in [-0.3, -0.25) is 4.79 Å². The van der Waals surface area contributed by atoms with Crippen molar-refractivity contribution in [3.63, 3.8) is 0 Å². The van der Waals surface area contributed by atoms with Gasteiger partial charge >= 0.3 is 6.03 Å². The number of benzene rings is 3. The maximum Gasteiger partial charge on any atom is 0.328 e. The summed E-state index contributed by atoms with van der Waals surface area (Å²) in [5, 5.41) is 5.35. The number of para-hydroxylation sites is 1. The van der Waals surface area contributed by atoms with Gasteiger partial charge in [0.15, 0.2) is 5.82 Å². The lowest BCUT2D eigenvalue weighted by atomic mass is 9.97. The molecule has 0 unspecified atom stereocenters. The molecule has 11 heteroatoms. The second-order valence-electron chi connectivity index (χ2n) is 8.48. The Morgan fingerprint density at radius 3 is 2.31 bits per heavy atom. The lowest BCUT2D eigenvalue weighted by Gasteiger charge is -2.30. The predicted octanol–water partition coefficient (Wildman–Crippen LogP) is 5.61. The highest BCUT2D eigenvalue weighted by Crippen LogP contribution is 2.38. The summed E-state index contributed by atoms with van der Waals surface area (Å²) in [6.45, 7) is 5.45. The van der Waals surface area contributed by atoms with Gasteiger partial charge in [-0.25, -0.2) is 32.8 Å². The third kappa shape index (κ3) is 5.33. The summed E-state index contributed by atoms with van der Waals surface area (Å²) in [5.41, 5.74) is 2.40. The number of fused-ring (bicyclic) bond motifs is 1. The summed E-state index contributed by atoms with van der Waals surface area (Å²) in [4.78, 5) is 43.5. The molecule has 1 aliphatic rings. The smallest absolute Gasteiger partial charge is 0.328 e. The van der Waals surface area contributed by atoms with Crippen molar-refractivity contribution in [2.45, 2.75) is 20.4 Å². The minimum absolute atomic E-state index is 0.0157. The summed E-state index contributed by atoms with van der Waals surface area (Å²) in [6, 6.07) is 13.0. The lowest BCUT2D eigenvalue weighted by molar-refractivity contribution is -0.0980. The summed E-state index contributed by atoms with van der Waals surface area (Å²) in [7, 11) is 0. The van der Waals surface area contributed by atoms with Gasteiger partial charge in [0.05, 0.1) is 12.2 Å². The molecule has 39 heavy (non-hydrogen) atoms. The van der Waals surface area contributed by atoms with Gasteiger partial charge in [-0.1, -0.05) is 12.1 Å². The molecule has 8 nitrogen and oxygen atoms in total. The van der Waals surface area contributed by atoms with E-state index in [9.17, 15) is 22.8 Å². The van der Waals surface area contributed by atoms with E-state index in [-0.39, 0.29) is 18.2 Å². The van der Waals surface area contributed by atoms with Crippen LogP contribution in [-0.2, 0) is 11.3 Å². The van der Waals surface area contributed by atoms with E-state index in [4.69, 9.17) is 4.79 Å². The summed E-state index contributed by atoms with van der Waals surface area (Å²) < 4.78 is 42.5. The van der Waals surface area contributed by atoms with E-state index < -0.39 is 35.1 Å². The van der Waals surface area contributed by atoms with Crippen molar-refractivity contribution in [1.82, 2.24) is 15.3 Å². The molecule has 198 valence electrons. The van der Waals surface area contributed by atoms with Crippen LogP contribution in [0.25, 0.3) is 11.3 Å². The predicted molar refractivity (Wildman–Crippen MR) is 139 cm³/mol. The van der Waals surface area contributed by atoms with Gasteiger partial charge in [0.1, 0.15) is 35.8 Å². The number of carbonyl (C=O) groups is 3. The highest BCUT2D eigenvalue weighted by atomic mass is 19.1. The van der Waals surface area contributed by atoms with Crippen molar-refractivity contribution in [2.24, 2.45) is 0 Å². The Hall–Kier alpha value is -5.06. The molecule has 4 aromatic rings. The van der Waals surface area contributed by atoms with Crippen LogP contribution in [0.15, 0.2) is 60.7 Å². The van der Waals surface area contributed by atoms with E-state index in [1.807, 2.05) is 13.7 Å². The van der Waals surface area contributed by atoms with E-state index in [0.29, 0.717) is 28.1 Å². The monoisotopic (exact) mass is 533 g/mol. The number of anilines is 3. The quantitative estimate of drug-likeness (QED) is 0.355. The van der Waals surface area contributed by atoms with Gasteiger partial charge in [-0.15, -0.1) is 0 Å². The summed E-state index contributed by atoms with van der Waals surface area (Å²) in [6.07, 6.45) is 0. The first-order chi connectivity index (χ1) is 18.7. The molecule has 1 aliphatic heterocycles. The maximum atomic E-state index is 14.7. The van der Waals surface area contributed by atoms with Gasteiger partial charge in [0.25, 0.3) is 5.91 Å². The van der Waals surface area contributed by atoms with E-state index in [2.05, 4.69) is 20.6 Å². The number of amides is 3. The minimum Gasteiger partial charge on any atom is -0.333 e. The molecule has 5 rings (SSSR count). The average molecular weight is 534 g/mol. The number of aryl methyl sites for hydroxylation is 2. The number of nitrogens with one attached hydrogen (secondary N) is 2. The summed E-state index contributed by atoms with van der Waals surface area (Å²) >= 11 is 0. The van der Waals surface area contributed by atoms with E-state index >= 15 is 0 Å². The number of rotatable bonds is 4. The first-order valence-electron chi connectivity index (χ1n) is 11.6. The molecule has 0 spiro atoms. The van der Waals surface area contributed by atoms with Crippen molar-refractivity contribution in [3.8, 4) is 11.3 Å².